The second kappa shape index (κ2) is 5.61. The summed E-state index contributed by atoms with van der Waals surface area (Å²) in [6, 6.07) is 0.0608. The first kappa shape index (κ1) is 14.8. The zero-order valence-corrected chi connectivity index (χ0v) is 12.9. The van der Waals surface area contributed by atoms with E-state index in [1.165, 1.54) is 0 Å². The van der Waals surface area contributed by atoms with Crippen LogP contribution in [0.25, 0.3) is 0 Å². The molecule has 1 N–H and O–H groups in total. The second-order valence-corrected chi connectivity index (χ2v) is 8.47. The van der Waals surface area contributed by atoms with Crippen LogP contribution < -0.4 is 5.32 Å². The predicted molar refractivity (Wildman–Crippen MR) is 78.8 cm³/mol. The van der Waals surface area contributed by atoms with Crippen molar-refractivity contribution in [3.63, 3.8) is 0 Å². The minimum Gasteiger partial charge on any atom is -0.371 e. The summed E-state index contributed by atoms with van der Waals surface area (Å²) < 4.78 is 29.0. The summed E-state index contributed by atoms with van der Waals surface area (Å²) in [7, 11) is -2.92. The van der Waals surface area contributed by atoms with Gasteiger partial charge < -0.3 is 15.0 Å². The van der Waals surface area contributed by atoms with Crippen LogP contribution in [0.4, 0.5) is 4.79 Å². The normalized spacial score (nSPS) is 30.5. The van der Waals surface area contributed by atoms with Gasteiger partial charge in [0, 0.05) is 12.6 Å². The van der Waals surface area contributed by atoms with Crippen LogP contribution in [-0.2, 0) is 14.6 Å². The molecule has 2 aliphatic heterocycles. The van der Waals surface area contributed by atoms with Crippen LogP contribution in [0.3, 0.4) is 0 Å². The van der Waals surface area contributed by atoms with Crippen LogP contribution in [0.2, 0.25) is 0 Å². The maximum absolute atomic E-state index is 12.3. The second-order valence-electron chi connectivity index (χ2n) is 6.17. The Labute approximate surface area is 125 Å². The number of morpholine rings is 1. The van der Waals surface area contributed by atoms with Gasteiger partial charge in [0.2, 0.25) is 0 Å². The van der Waals surface area contributed by atoms with E-state index in [1.807, 2.05) is 6.08 Å². The molecule has 0 bridgehead atoms. The largest absolute Gasteiger partial charge is 0.371 e. The highest BCUT2D eigenvalue weighted by Crippen LogP contribution is 2.31. The molecule has 2 fully saturated rings. The summed E-state index contributed by atoms with van der Waals surface area (Å²) >= 11 is 0. The van der Waals surface area contributed by atoms with Crippen LogP contribution in [0.15, 0.2) is 12.2 Å². The number of hydrogen-bond acceptors (Lipinski definition) is 4. The fourth-order valence-corrected chi connectivity index (χ4v) is 4.80. The third-order valence-electron chi connectivity index (χ3n) is 4.59. The van der Waals surface area contributed by atoms with Crippen molar-refractivity contribution in [1.29, 1.82) is 0 Å². The van der Waals surface area contributed by atoms with Gasteiger partial charge in [-0.15, -0.1) is 0 Å². The molecule has 2 heterocycles. The van der Waals surface area contributed by atoms with Crippen molar-refractivity contribution in [2.45, 2.75) is 37.3 Å². The molecule has 0 aromatic carbocycles. The quantitative estimate of drug-likeness (QED) is 0.723. The molecule has 0 aromatic heterocycles. The Kier molecular flexibility index (Phi) is 3.96. The average Bonchev–Trinajstić information content (AvgIpc) is 2.96. The molecule has 3 aliphatic rings. The Morgan fingerprint density at radius 1 is 1.33 bits per heavy atom. The predicted octanol–water partition coefficient (Wildman–Crippen LogP) is 0.694. The molecule has 1 spiro atoms. The van der Waals surface area contributed by atoms with Gasteiger partial charge in [0.15, 0.2) is 9.84 Å². The van der Waals surface area contributed by atoms with E-state index in [0.717, 1.165) is 12.8 Å². The lowest BCUT2D eigenvalue weighted by Gasteiger charge is -2.44. The van der Waals surface area contributed by atoms with Crippen LogP contribution in [0.5, 0.6) is 0 Å². The van der Waals surface area contributed by atoms with E-state index in [4.69, 9.17) is 4.74 Å². The lowest BCUT2D eigenvalue weighted by Crippen LogP contribution is -2.59. The maximum atomic E-state index is 12.3. The molecule has 7 heteroatoms. The SMILES string of the molecule is O=C(NC1C=CCC1)N1CCOC2(CCS(=O)(=O)CC2)C1. The fraction of sp³-hybridized carbons (Fsp3) is 0.786. The van der Waals surface area contributed by atoms with E-state index in [1.54, 1.807) is 4.90 Å². The number of amides is 2. The van der Waals surface area contributed by atoms with Crippen molar-refractivity contribution in [3.05, 3.63) is 12.2 Å². The maximum Gasteiger partial charge on any atom is 0.318 e. The number of hydrogen-bond donors (Lipinski definition) is 1. The number of carbonyl (C=O) groups excluding carboxylic acids is 1. The lowest BCUT2D eigenvalue weighted by atomic mass is 9.94. The highest BCUT2D eigenvalue weighted by atomic mass is 32.2. The summed E-state index contributed by atoms with van der Waals surface area (Å²) in [5, 5.41) is 3.01. The van der Waals surface area contributed by atoms with Gasteiger partial charge in [-0.25, -0.2) is 13.2 Å². The Bertz CT molecular complexity index is 529. The number of carbonyl (C=O) groups is 1. The van der Waals surface area contributed by atoms with Gasteiger partial charge in [0.1, 0.15) is 0 Å². The smallest absolute Gasteiger partial charge is 0.318 e. The van der Waals surface area contributed by atoms with Crippen molar-refractivity contribution in [2.24, 2.45) is 0 Å². The van der Waals surface area contributed by atoms with E-state index < -0.39 is 15.4 Å². The third kappa shape index (κ3) is 3.40. The molecule has 0 aromatic rings. The Balaban J connectivity index is 1.60. The summed E-state index contributed by atoms with van der Waals surface area (Å²) in [5.74, 6) is 0.321. The summed E-state index contributed by atoms with van der Waals surface area (Å²) in [6.45, 7) is 1.54. The molecule has 2 saturated heterocycles. The van der Waals surface area contributed by atoms with Gasteiger partial charge in [0.05, 0.1) is 30.3 Å². The molecule has 6 nitrogen and oxygen atoms in total. The van der Waals surface area contributed by atoms with Gasteiger partial charge in [-0.05, 0) is 25.7 Å². The van der Waals surface area contributed by atoms with Crippen molar-refractivity contribution >= 4 is 15.9 Å². The van der Waals surface area contributed by atoms with Gasteiger partial charge in [-0.2, -0.15) is 0 Å². The minimum absolute atomic E-state index is 0.0670. The number of rotatable bonds is 1. The summed E-state index contributed by atoms with van der Waals surface area (Å²) in [6.07, 6.45) is 7.05. The molecule has 1 aliphatic carbocycles. The van der Waals surface area contributed by atoms with E-state index in [0.29, 0.717) is 32.5 Å². The fourth-order valence-electron chi connectivity index (χ4n) is 3.23. The molecule has 0 radical (unpaired) electrons. The Morgan fingerprint density at radius 3 is 2.76 bits per heavy atom. The first-order valence-corrected chi connectivity index (χ1v) is 9.37. The van der Waals surface area contributed by atoms with E-state index >= 15 is 0 Å². The molecule has 0 saturated carbocycles. The molecule has 21 heavy (non-hydrogen) atoms. The highest BCUT2D eigenvalue weighted by molar-refractivity contribution is 7.91. The van der Waals surface area contributed by atoms with Crippen LogP contribution in [-0.4, -0.2) is 62.2 Å². The number of ether oxygens (including phenoxy) is 1. The van der Waals surface area contributed by atoms with E-state index in [2.05, 4.69) is 11.4 Å². The van der Waals surface area contributed by atoms with Crippen molar-refractivity contribution in [1.82, 2.24) is 10.2 Å². The molecule has 3 rings (SSSR count). The monoisotopic (exact) mass is 314 g/mol. The highest BCUT2D eigenvalue weighted by Gasteiger charge is 2.43. The Morgan fingerprint density at radius 2 is 2.10 bits per heavy atom. The number of sulfone groups is 1. The van der Waals surface area contributed by atoms with Gasteiger partial charge >= 0.3 is 6.03 Å². The number of allylic oxidation sites excluding steroid dienone is 1. The minimum atomic E-state index is -2.92. The standard InChI is InChI=1S/C14H22N2O4S/c17-13(15-12-3-1-2-4-12)16-7-8-20-14(11-16)5-9-21(18,19)10-6-14/h1,3,12H,2,4-11H2,(H,15,17). The van der Waals surface area contributed by atoms with E-state index in [9.17, 15) is 13.2 Å². The van der Waals surface area contributed by atoms with Gasteiger partial charge in [-0.1, -0.05) is 12.2 Å². The van der Waals surface area contributed by atoms with E-state index in [-0.39, 0.29) is 23.6 Å². The van der Waals surface area contributed by atoms with Gasteiger partial charge in [-0.3, -0.25) is 0 Å². The number of nitrogens with zero attached hydrogens (tertiary/aromatic N) is 1. The molecular weight excluding hydrogens is 292 g/mol. The third-order valence-corrected chi connectivity index (χ3v) is 6.25. The molecule has 1 atom stereocenters. The van der Waals surface area contributed by atoms with Crippen LogP contribution in [0, 0.1) is 0 Å². The van der Waals surface area contributed by atoms with Crippen molar-refractivity contribution in [2.75, 3.05) is 31.2 Å². The van der Waals surface area contributed by atoms with Crippen molar-refractivity contribution < 1.29 is 17.9 Å². The average molecular weight is 314 g/mol. The first-order valence-electron chi connectivity index (χ1n) is 7.55. The lowest BCUT2D eigenvalue weighted by molar-refractivity contribution is -0.102. The van der Waals surface area contributed by atoms with Gasteiger partial charge in [0.25, 0.3) is 0 Å². The van der Waals surface area contributed by atoms with Crippen LogP contribution in [0.1, 0.15) is 25.7 Å². The molecule has 118 valence electrons. The zero-order valence-electron chi connectivity index (χ0n) is 12.1. The zero-order chi connectivity index (χ0) is 14.9. The van der Waals surface area contributed by atoms with Crippen LogP contribution >= 0.6 is 0 Å². The van der Waals surface area contributed by atoms with Crippen molar-refractivity contribution in [3.8, 4) is 0 Å². The number of nitrogens with one attached hydrogen (secondary N) is 1. The molecule has 1 unspecified atom stereocenters. The molecular formula is C14H22N2O4S. The Hall–Kier alpha value is -1.08. The topological polar surface area (TPSA) is 75.7 Å². The number of urea groups is 1. The first-order chi connectivity index (χ1) is 9.98. The summed E-state index contributed by atoms with van der Waals surface area (Å²) in [4.78, 5) is 14.1. The molecule has 2 amide bonds. The summed E-state index contributed by atoms with van der Waals surface area (Å²) in [5.41, 5.74) is -0.466.